The molecule has 0 atom stereocenters. The van der Waals surface area contributed by atoms with E-state index in [4.69, 9.17) is 0 Å². The van der Waals surface area contributed by atoms with Gasteiger partial charge in [0.15, 0.2) is 5.65 Å². The Balaban J connectivity index is 1.27. The zero-order valence-electron chi connectivity index (χ0n) is 18.6. The average molecular weight is 483 g/mol. The smallest absolute Gasteiger partial charge is 0.366 e. The van der Waals surface area contributed by atoms with E-state index in [9.17, 15) is 22.0 Å². The van der Waals surface area contributed by atoms with Crippen LogP contribution in [0.3, 0.4) is 0 Å². The molecule has 184 valence electrons. The van der Waals surface area contributed by atoms with Gasteiger partial charge < -0.3 is 10.2 Å². The van der Waals surface area contributed by atoms with E-state index < -0.39 is 24.7 Å². The molecule has 7 nitrogen and oxygen atoms in total. The molecule has 0 unspecified atom stereocenters. The maximum Gasteiger partial charge on any atom is 0.416 e. The molecule has 3 aromatic heterocycles. The number of nitrogens with zero attached hydrogens (tertiary/aromatic N) is 6. The molecular weight excluding hydrogens is 457 g/mol. The number of rotatable bonds is 8. The van der Waals surface area contributed by atoms with E-state index in [1.54, 1.807) is 18.1 Å². The number of hydrogen-bond donors (Lipinski definition) is 1. The van der Waals surface area contributed by atoms with Crippen LogP contribution in [0.1, 0.15) is 37.7 Å². The number of aromatic nitrogens is 5. The van der Waals surface area contributed by atoms with Crippen LogP contribution in [0.25, 0.3) is 11.2 Å². The quantitative estimate of drug-likeness (QED) is 0.455. The predicted octanol–water partition coefficient (Wildman–Crippen LogP) is 5.00. The van der Waals surface area contributed by atoms with E-state index in [1.165, 1.54) is 12.4 Å². The Morgan fingerprint density at radius 3 is 2.62 bits per heavy atom. The van der Waals surface area contributed by atoms with Gasteiger partial charge in [-0.15, -0.1) is 0 Å². The first-order chi connectivity index (χ1) is 16.2. The van der Waals surface area contributed by atoms with Crippen molar-refractivity contribution in [3.8, 4) is 0 Å². The predicted molar refractivity (Wildman–Crippen MR) is 118 cm³/mol. The number of hydrogen-bond acceptors (Lipinski definition) is 6. The van der Waals surface area contributed by atoms with Crippen molar-refractivity contribution in [2.75, 3.05) is 23.8 Å². The molecule has 3 heterocycles. The summed E-state index contributed by atoms with van der Waals surface area (Å²) in [5.74, 6) is 1.31. The van der Waals surface area contributed by atoms with Crippen molar-refractivity contribution in [2.24, 2.45) is 5.92 Å². The fraction of sp³-hybridized carbons (Fsp3) is 0.545. The van der Waals surface area contributed by atoms with Gasteiger partial charge in [0.1, 0.15) is 23.7 Å². The van der Waals surface area contributed by atoms with Gasteiger partial charge in [-0.2, -0.15) is 18.3 Å². The summed E-state index contributed by atoms with van der Waals surface area (Å²) < 4.78 is 65.4. The third kappa shape index (κ3) is 5.89. The minimum absolute atomic E-state index is 0.192. The zero-order chi connectivity index (χ0) is 24.3. The highest BCUT2D eigenvalue weighted by Crippen LogP contribution is 2.32. The molecule has 0 aliphatic heterocycles. The Morgan fingerprint density at radius 2 is 1.91 bits per heavy atom. The molecule has 0 aromatic carbocycles. The Morgan fingerprint density at radius 1 is 1.15 bits per heavy atom. The van der Waals surface area contributed by atoms with E-state index in [0.29, 0.717) is 35.3 Å². The van der Waals surface area contributed by atoms with Gasteiger partial charge in [-0.1, -0.05) is 0 Å². The summed E-state index contributed by atoms with van der Waals surface area (Å²) >= 11 is 0. The summed E-state index contributed by atoms with van der Waals surface area (Å²) in [6.07, 6.45) is 1.90. The Hall–Kier alpha value is -3.05. The molecule has 1 aliphatic rings. The molecule has 4 rings (SSSR count). The SMILES string of the molecule is CN(CC[C@H]1CC[C@@H](Nc2cnc3cnn(CC(F)F)c3n2)CC1)c1cc(C(F)(F)F)ccn1. The van der Waals surface area contributed by atoms with Crippen LogP contribution in [-0.4, -0.2) is 50.8 Å². The molecule has 1 fully saturated rings. The van der Waals surface area contributed by atoms with E-state index in [2.05, 4.69) is 25.4 Å². The lowest BCUT2D eigenvalue weighted by Crippen LogP contribution is -2.29. The molecular formula is C22H26F5N7. The van der Waals surface area contributed by atoms with Gasteiger partial charge in [0.2, 0.25) is 0 Å². The first kappa shape index (κ1) is 24.1. The van der Waals surface area contributed by atoms with Gasteiger partial charge in [-0.25, -0.2) is 28.4 Å². The first-order valence-corrected chi connectivity index (χ1v) is 11.2. The largest absolute Gasteiger partial charge is 0.416 e. The minimum atomic E-state index is -4.39. The molecule has 0 spiro atoms. The van der Waals surface area contributed by atoms with Crippen molar-refractivity contribution < 1.29 is 22.0 Å². The van der Waals surface area contributed by atoms with Crippen LogP contribution in [0.15, 0.2) is 30.7 Å². The molecule has 0 saturated heterocycles. The van der Waals surface area contributed by atoms with Gasteiger partial charge in [0.05, 0.1) is 18.0 Å². The molecule has 0 radical (unpaired) electrons. The molecule has 0 bridgehead atoms. The number of anilines is 2. The highest BCUT2D eigenvalue weighted by Gasteiger charge is 2.31. The number of pyridine rings is 1. The number of alkyl halides is 5. The Labute approximate surface area is 193 Å². The van der Waals surface area contributed by atoms with Gasteiger partial charge in [-0.3, -0.25) is 0 Å². The van der Waals surface area contributed by atoms with Gasteiger partial charge in [0, 0.05) is 25.8 Å². The van der Waals surface area contributed by atoms with Crippen LogP contribution in [0.2, 0.25) is 0 Å². The van der Waals surface area contributed by atoms with Crippen LogP contribution < -0.4 is 10.2 Å². The lowest BCUT2D eigenvalue weighted by Gasteiger charge is -2.30. The summed E-state index contributed by atoms with van der Waals surface area (Å²) in [7, 11) is 1.75. The monoisotopic (exact) mass is 483 g/mol. The van der Waals surface area contributed by atoms with Crippen LogP contribution >= 0.6 is 0 Å². The van der Waals surface area contributed by atoms with Crippen LogP contribution in [0.4, 0.5) is 33.6 Å². The van der Waals surface area contributed by atoms with E-state index in [-0.39, 0.29) is 6.04 Å². The third-order valence-electron chi connectivity index (χ3n) is 6.19. The molecule has 1 saturated carbocycles. The minimum Gasteiger partial charge on any atom is -0.366 e. The van der Waals surface area contributed by atoms with Crippen molar-refractivity contribution in [3.05, 3.63) is 36.3 Å². The topological polar surface area (TPSA) is 71.8 Å². The lowest BCUT2D eigenvalue weighted by molar-refractivity contribution is -0.137. The highest BCUT2D eigenvalue weighted by atomic mass is 19.4. The van der Waals surface area contributed by atoms with Gasteiger partial charge >= 0.3 is 6.18 Å². The van der Waals surface area contributed by atoms with Crippen molar-refractivity contribution in [2.45, 2.75) is 57.3 Å². The fourth-order valence-corrected chi connectivity index (χ4v) is 4.28. The molecule has 12 heteroatoms. The second-order valence-corrected chi connectivity index (χ2v) is 8.65. The maximum atomic E-state index is 12.9. The summed E-state index contributed by atoms with van der Waals surface area (Å²) in [4.78, 5) is 14.5. The summed E-state index contributed by atoms with van der Waals surface area (Å²) in [6, 6.07) is 2.24. The molecule has 0 amide bonds. The summed E-state index contributed by atoms with van der Waals surface area (Å²) in [5.41, 5.74) is 0.0917. The second-order valence-electron chi connectivity index (χ2n) is 8.65. The van der Waals surface area contributed by atoms with Crippen LogP contribution in [0, 0.1) is 5.92 Å². The van der Waals surface area contributed by atoms with E-state index in [0.717, 1.165) is 48.9 Å². The molecule has 34 heavy (non-hydrogen) atoms. The van der Waals surface area contributed by atoms with Crippen molar-refractivity contribution >= 4 is 22.8 Å². The van der Waals surface area contributed by atoms with E-state index >= 15 is 0 Å². The second kappa shape index (κ2) is 10.1. The molecule has 3 aromatic rings. The van der Waals surface area contributed by atoms with Gasteiger partial charge in [-0.05, 0) is 50.2 Å². The van der Waals surface area contributed by atoms with E-state index in [1.807, 2.05) is 0 Å². The summed E-state index contributed by atoms with van der Waals surface area (Å²) in [6.45, 7) is 0.0878. The Kier molecular flexibility index (Phi) is 7.13. The molecule has 1 aliphatic carbocycles. The third-order valence-corrected chi connectivity index (χ3v) is 6.19. The maximum absolute atomic E-state index is 12.9. The molecule has 1 N–H and O–H groups in total. The average Bonchev–Trinajstić information content (AvgIpc) is 3.19. The van der Waals surface area contributed by atoms with Crippen molar-refractivity contribution in [3.63, 3.8) is 0 Å². The summed E-state index contributed by atoms with van der Waals surface area (Å²) in [5, 5.41) is 7.27. The standard InChI is InChI=1S/C22H26F5N7/c1-33(20-10-15(6-8-28-20)22(25,26)27)9-7-14-2-4-16(5-3-14)31-19-12-29-17-11-30-34(13-18(23)24)21(17)32-19/h6,8,10-12,14,16,18H,2-5,7,9,13H2,1H3,(H,31,32)/t14-,16+. The fourth-order valence-electron chi connectivity index (χ4n) is 4.28. The number of fused-ring (bicyclic) bond motifs is 1. The van der Waals surface area contributed by atoms with Crippen molar-refractivity contribution in [1.82, 2.24) is 24.7 Å². The lowest BCUT2D eigenvalue weighted by atomic mass is 9.84. The van der Waals surface area contributed by atoms with Gasteiger partial charge in [0.25, 0.3) is 6.43 Å². The normalized spacial score (nSPS) is 19.0. The Bertz CT molecular complexity index is 1090. The highest BCUT2D eigenvalue weighted by molar-refractivity contribution is 5.71. The number of halogens is 5. The first-order valence-electron chi connectivity index (χ1n) is 11.2. The van der Waals surface area contributed by atoms with Crippen LogP contribution in [0.5, 0.6) is 0 Å². The zero-order valence-corrected chi connectivity index (χ0v) is 18.6. The van der Waals surface area contributed by atoms with Crippen LogP contribution in [-0.2, 0) is 12.7 Å². The van der Waals surface area contributed by atoms with Crippen molar-refractivity contribution in [1.29, 1.82) is 0 Å². The number of nitrogens with one attached hydrogen (secondary N) is 1.